The van der Waals surface area contributed by atoms with Gasteiger partial charge in [0.15, 0.2) is 5.82 Å². The van der Waals surface area contributed by atoms with E-state index in [1.807, 2.05) is 83.3 Å². The van der Waals surface area contributed by atoms with Crippen molar-refractivity contribution in [2.45, 2.75) is 78.3 Å². The molecule has 4 amide bonds. The Balaban J connectivity index is 0.918. The number of aryl methyl sites for hydroxylation is 1. The van der Waals surface area contributed by atoms with Crippen LogP contribution in [0.15, 0.2) is 77.7 Å². The average Bonchev–Trinajstić information content (AvgIpc) is 3.70. The van der Waals surface area contributed by atoms with Crippen molar-refractivity contribution >= 4 is 40.9 Å². The lowest BCUT2D eigenvalue weighted by Crippen LogP contribution is -2.59. The number of piperazine rings is 1. The van der Waals surface area contributed by atoms with Gasteiger partial charge in [0.25, 0.3) is 0 Å². The largest absolute Gasteiger partial charge is 0.363 e. The molecule has 5 aromatic rings. The maximum atomic E-state index is 12.9. The van der Waals surface area contributed by atoms with Crippen LogP contribution >= 0.6 is 0 Å². The van der Waals surface area contributed by atoms with Gasteiger partial charge in [0.2, 0.25) is 5.91 Å². The molecule has 2 aliphatic heterocycles. The molecule has 58 heavy (non-hydrogen) atoms. The van der Waals surface area contributed by atoms with Crippen molar-refractivity contribution in [1.82, 2.24) is 40.6 Å². The maximum absolute atomic E-state index is 12.9. The minimum Gasteiger partial charge on any atom is -0.363 e. The fraction of sp³-hybridized carbons (Fsp3) is 0.395. The highest BCUT2D eigenvalue weighted by atomic mass is 16.5. The Morgan fingerprint density at radius 3 is 2.40 bits per heavy atom. The smallest absolute Gasteiger partial charge is 0.328 e. The molecule has 0 radical (unpaired) electrons. The fourth-order valence-corrected chi connectivity index (χ4v) is 7.48. The summed E-state index contributed by atoms with van der Waals surface area (Å²) < 4.78 is 5.22. The van der Waals surface area contributed by atoms with E-state index in [2.05, 4.69) is 77.9 Å². The van der Waals surface area contributed by atoms with E-state index in [9.17, 15) is 14.4 Å². The zero-order chi connectivity index (χ0) is 41.2. The summed E-state index contributed by atoms with van der Waals surface area (Å²) in [5, 5.41) is 12.6. The van der Waals surface area contributed by atoms with Crippen LogP contribution in [0, 0.1) is 6.92 Å². The van der Waals surface area contributed by atoms with Gasteiger partial charge in [0.05, 0.1) is 23.6 Å². The lowest BCUT2D eigenvalue weighted by Gasteiger charge is -2.48. The van der Waals surface area contributed by atoms with Gasteiger partial charge in [-0.2, -0.15) is 4.98 Å². The Bertz CT molecular complexity index is 2280. The number of urea groups is 1. The lowest BCUT2D eigenvalue weighted by molar-refractivity contribution is -0.120. The highest BCUT2D eigenvalue weighted by Gasteiger charge is 2.34. The van der Waals surface area contributed by atoms with Crippen molar-refractivity contribution < 1.29 is 18.9 Å². The van der Waals surface area contributed by atoms with Gasteiger partial charge in [-0.05, 0) is 81.1 Å². The van der Waals surface area contributed by atoms with E-state index in [-0.39, 0.29) is 34.8 Å². The number of benzene rings is 2. The number of nitrogens with one attached hydrogen (secondary N) is 3. The Kier molecular flexibility index (Phi) is 11.3. The third kappa shape index (κ3) is 9.15. The average molecular weight is 786 g/mol. The molecule has 2 saturated heterocycles. The first-order valence-electron chi connectivity index (χ1n) is 19.6. The zero-order valence-corrected chi connectivity index (χ0v) is 34.2. The van der Waals surface area contributed by atoms with Gasteiger partial charge in [-0.1, -0.05) is 50.2 Å². The topological polar surface area (TPSA) is 175 Å². The van der Waals surface area contributed by atoms with Crippen LogP contribution in [0.5, 0.6) is 0 Å². The van der Waals surface area contributed by atoms with Crippen LogP contribution in [0.4, 0.5) is 27.8 Å². The second-order valence-electron chi connectivity index (χ2n) is 16.7. The Morgan fingerprint density at radius 2 is 1.72 bits per heavy atom. The number of carbonyl (C=O) groups excluding carboxylic acids is 3. The number of hydrogen-bond acceptors (Lipinski definition) is 12. The zero-order valence-electron chi connectivity index (χ0n) is 34.2. The Labute approximate surface area is 338 Å². The number of imide groups is 1. The van der Waals surface area contributed by atoms with Crippen molar-refractivity contribution in [1.29, 1.82) is 0 Å². The van der Waals surface area contributed by atoms with E-state index < -0.39 is 5.91 Å². The summed E-state index contributed by atoms with van der Waals surface area (Å²) in [6.45, 7) is 18.4. The van der Waals surface area contributed by atoms with E-state index in [0.717, 1.165) is 66.4 Å². The molecular weight excluding hydrogens is 735 g/mol. The summed E-state index contributed by atoms with van der Waals surface area (Å²) in [5.74, 6) is 1.08. The number of hydrogen-bond donors (Lipinski definition) is 3. The first-order valence-corrected chi connectivity index (χ1v) is 19.6. The number of amides is 4. The van der Waals surface area contributed by atoms with Crippen molar-refractivity contribution in [3.63, 3.8) is 0 Å². The quantitative estimate of drug-likeness (QED) is 0.136. The third-order valence-electron chi connectivity index (χ3n) is 10.7. The first-order chi connectivity index (χ1) is 27.6. The van der Waals surface area contributed by atoms with Gasteiger partial charge in [-0.15, -0.1) is 0 Å². The monoisotopic (exact) mass is 785 g/mol. The molecule has 0 bridgehead atoms. The summed E-state index contributed by atoms with van der Waals surface area (Å²) >= 11 is 0. The predicted molar refractivity (Wildman–Crippen MR) is 222 cm³/mol. The summed E-state index contributed by atoms with van der Waals surface area (Å²) in [5.41, 5.74) is 6.26. The number of nitrogens with zero attached hydrogens (tertiary/aromatic N) is 8. The van der Waals surface area contributed by atoms with Crippen LogP contribution in [0.1, 0.15) is 87.2 Å². The Hall–Kier alpha value is -6.22. The second-order valence-corrected chi connectivity index (χ2v) is 16.7. The fourth-order valence-electron chi connectivity index (χ4n) is 7.48. The third-order valence-corrected chi connectivity index (χ3v) is 10.7. The van der Waals surface area contributed by atoms with Crippen molar-refractivity contribution in [3.8, 4) is 11.3 Å². The molecule has 5 heterocycles. The minimum atomic E-state index is -0.418. The molecule has 0 unspecified atom stereocenters. The number of anilines is 4. The van der Waals surface area contributed by atoms with Crippen molar-refractivity contribution in [2.24, 2.45) is 0 Å². The van der Waals surface area contributed by atoms with Gasteiger partial charge in [-0.3, -0.25) is 24.7 Å². The number of carbonyl (C=O) groups is 3. The van der Waals surface area contributed by atoms with Gasteiger partial charge < -0.3 is 20.1 Å². The van der Waals surface area contributed by atoms with Gasteiger partial charge in [-0.25, -0.2) is 19.7 Å². The number of pyridine rings is 1. The highest BCUT2D eigenvalue weighted by Crippen LogP contribution is 2.30. The van der Waals surface area contributed by atoms with Gasteiger partial charge >= 0.3 is 17.8 Å². The molecule has 15 heteroatoms. The summed E-state index contributed by atoms with van der Waals surface area (Å²) in [4.78, 5) is 61.1. The first kappa shape index (κ1) is 40.0. The number of aromatic nitrogens is 5. The molecule has 302 valence electrons. The van der Waals surface area contributed by atoms with E-state index in [1.54, 1.807) is 4.90 Å². The molecule has 2 fully saturated rings. The van der Waals surface area contributed by atoms with Crippen molar-refractivity contribution in [2.75, 3.05) is 47.8 Å². The molecule has 7 rings (SSSR count). The van der Waals surface area contributed by atoms with Crippen LogP contribution in [-0.4, -0.2) is 86.1 Å². The van der Waals surface area contributed by atoms with E-state index >= 15 is 0 Å². The normalized spacial score (nSPS) is 16.5. The standard InChI is InChI=1S/C43H51N11O4/c1-27-22-30(10-14-33(27)28(2)47-38(56)39-50-40(51-58-39)42(3,4)5)34-23-36(46-26-45-34)48-35-15-13-32(24-44-35)54-21-20-52(25-43(54,6)7)18-16-29-8-11-31(12-9-29)53-19-17-37(55)49-41(53)57/h8-15,22-24,26,28H,16-21,25H2,1-7H3,(H,47,56)(H,49,55,57)(H,44,45,46,48)/t28-/m1/s1. The highest BCUT2D eigenvalue weighted by molar-refractivity contribution is 6.05. The van der Waals surface area contributed by atoms with Gasteiger partial charge in [0, 0.05) is 67.4 Å². The lowest BCUT2D eigenvalue weighted by atomic mass is 9.96. The number of rotatable bonds is 11. The summed E-state index contributed by atoms with van der Waals surface area (Å²) in [7, 11) is 0. The van der Waals surface area contributed by atoms with E-state index in [4.69, 9.17) is 9.51 Å². The predicted octanol–water partition coefficient (Wildman–Crippen LogP) is 6.35. The van der Waals surface area contributed by atoms with Crippen LogP contribution in [0.2, 0.25) is 0 Å². The summed E-state index contributed by atoms with van der Waals surface area (Å²) in [6, 6.07) is 19.4. The molecule has 0 aliphatic carbocycles. The molecular formula is C43H51N11O4. The molecule has 0 saturated carbocycles. The van der Waals surface area contributed by atoms with Crippen LogP contribution in [-0.2, 0) is 16.6 Å². The Morgan fingerprint density at radius 1 is 0.948 bits per heavy atom. The molecule has 3 N–H and O–H groups in total. The molecule has 2 aliphatic rings. The van der Waals surface area contributed by atoms with Crippen LogP contribution in [0.3, 0.4) is 0 Å². The van der Waals surface area contributed by atoms with E-state index in [1.165, 1.54) is 11.9 Å². The molecule has 2 aromatic carbocycles. The SMILES string of the molecule is Cc1cc(-c2cc(Nc3ccc(N4CCN(CCc5ccc(N6CCC(=O)NC6=O)cc5)CC4(C)C)cn3)ncn2)ccc1[C@@H](C)NC(=O)c1nc(C(C)(C)C)no1. The van der Waals surface area contributed by atoms with Crippen LogP contribution in [0.25, 0.3) is 11.3 Å². The minimum absolute atomic E-state index is 0.0559. The second kappa shape index (κ2) is 16.3. The molecule has 0 spiro atoms. The maximum Gasteiger partial charge on any atom is 0.328 e. The molecule has 3 aromatic heterocycles. The molecule has 15 nitrogen and oxygen atoms in total. The van der Waals surface area contributed by atoms with Crippen molar-refractivity contribution in [3.05, 3.63) is 102 Å². The van der Waals surface area contributed by atoms with Crippen LogP contribution < -0.4 is 25.8 Å². The van der Waals surface area contributed by atoms with E-state index in [0.29, 0.717) is 30.4 Å². The van der Waals surface area contributed by atoms with Gasteiger partial charge in [0.1, 0.15) is 18.0 Å². The molecule has 1 atom stereocenters. The summed E-state index contributed by atoms with van der Waals surface area (Å²) in [6.07, 6.45) is 4.65.